The standard InChI is InChI=1S/C23H25ClN10O/c1-6-27-21-22-28-13-19(26-5)34(22)31-23(30-21)29-17-11-16(25-4)12-18(20(17)24)33-9-7-32(8-10-33)14(2)15(3)35/h11-14H,6-10H2,1-3H3,(H2,27,29,30,31)/t14-/m0/s1. The van der Waals surface area contributed by atoms with E-state index in [0.29, 0.717) is 60.6 Å². The van der Waals surface area contributed by atoms with Crippen molar-refractivity contribution < 1.29 is 4.79 Å². The number of hydrogen-bond donors (Lipinski definition) is 2. The molecule has 35 heavy (non-hydrogen) atoms. The van der Waals surface area contributed by atoms with Gasteiger partial charge in [-0.05, 0) is 32.9 Å². The first kappa shape index (κ1) is 24.2. The normalized spacial score (nSPS) is 14.9. The Hall–Kier alpha value is -3.93. The van der Waals surface area contributed by atoms with Crippen molar-refractivity contribution in [2.45, 2.75) is 26.8 Å². The molecular formula is C23H25ClN10O. The van der Waals surface area contributed by atoms with Crippen LogP contribution in [0.4, 0.5) is 34.6 Å². The molecule has 2 N–H and O–H groups in total. The molecule has 12 heteroatoms. The molecule has 1 fully saturated rings. The molecule has 1 atom stereocenters. The molecule has 4 rings (SSSR count). The minimum Gasteiger partial charge on any atom is -0.369 e. The predicted octanol–water partition coefficient (Wildman–Crippen LogP) is 4.15. The Morgan fingerprint density at radius 1 is 1.23 bits per heavy atom. The lowest BCUT2D eigenvalue weighted by Gasteiger charge is -2.39. The summed E-state index contributed by atoms with van der Waals surface area (Å²) in [6.45, 7) is 23.8. The van der Waals surface area contributed by atoms with Crippen LogP contribution in [0.5, 0.6) is 0 Å². The number of benzene rings is 1. The van der Waals surface area contributed by atoms with E-state index in [1.165, 1.54) is 10.7 Å². The average Bonchev–Trinajstić information content (AvgIpc) is 3.28. The summed E-state index contributed by atoms with van der Waals surface area (Å²) in [5.74, 6) is 1.09. The third-order valence-corrected chi connectivity index (χ3v) is 6.40. The first-order valence-electron chi connectivity index (χ1n) is 11.2. The van der Waals surface area contributed by atoms with Crippen LogP contribution >= 0.6 is 11.6 Å². The van der Waals surface area contributed by atoms with Crippen molar-refractivity contribution in [2.24, 2.45) is 0 Å². The van der Waals surface area contributed by atoms with Crippen LogP contribution in [-0.2, 0) is 4.79 Å². The molecular weight excluding hydrogens is 468 g/mol. The van der Waals surface area contributed by atoms with Gasteiger partial charge in [0.15, 0.2) is 11.5 Å². The second kappa shape index (κ2) is 10.1. The predicted molar refractivity (Wildman–Crippen MR) is 136 cm³/mol. The molecule has 1 aliphatic heterocycles. The second-order valence-electron chi connectivity index (χ2n) is 8.15. The number of imidazole rings is 1. The summed E-state index contributed by atoms with van der Waals surface area (Å²) in [5, 5.41) is 11.1. The number of nitrogens with zero attached hydrogens (tertiary/aromatic N) is 8. The zero-order chi connectivity index (χ0) is 25.1. The molecule has 3 heterocycles. The highest BCUT2D eigenvalue weighted by atomic mass is 35.5. The molecule has 2 aromatic heterocycles. The van der Waals surface area contributed by atoms with Crippen molar-refractivity contribution in [3.63, 3.8) is 0 Å². The summed E-state index contributed by atoms with van der Waals surface area (Å²) in [4.78, 5) is 31.9. The Balaban J connectivity index is 1.66. The van der Waals surface area contributed by atoms with E-state index in [1.807, 2.05) is 13.8 Å². The number of carbonyl (C=O) groups is 1. The Labute approximate surface area is 208 Å². The maximum Gasteiger partial charge on any atom is 0.275 e. The fraction of sp³-hybridized carbons (Fsp3) is 0.391. The van der Waals surface area contributed by atoms with E-state index in [9.17, 15) is 4.79 Å². The van der Waals surface area contributed by atoms with Crippen molar-refractivity contribution in [2.75, 3.05) is 48.3 Å². The van der Waals surface area contributed by atoms with Gasteiger partial charge in [-0.2, -0.15) is 4.98 Å². The average molecular weight is 493 g/mol. The SMILES string of the molecule is [C-]#[N+]c1cc(Nc2nc(NCC)c3ncc([N+]#[C-])n3n2)c(Cl)c(N2CCN([C@@H](C)C(C)=O)CC2)c1. The number of aromatic nitrogens is 4. The molecule has 0 aliphatic carbocycles. The molecule has 0 amide bonds. The third-order valence-electron chi connectivity index (χ3n) is 6.01. The number of carbonyl (C=O) groups excluding carboxylic acids is 1. The zero-order valence-corrected chi connectivity index (χ0v) is 20.5. The van der Waals surface area contributed by atoms with Gasteiger partial charge >= 0.3 is 0 Å². The number of halogens is 1. The second-order valence-corrected chi connectivity index (χ2v) is 8.53. The van der Waals surface area contributed by atoms with Gasteiger partial charge in [0.05, 0.1) is 29.5 Å². The highest BCUT2D eigenvalue weighted by Crippen LogP contribution is 2.39. The van der Waals surface area contributed by atoms with Gasteiger partial charge in [0.25, 0.3) is 17.4 Å². The van der Waals surface area contributed by atoms with Crippen LogP contribution in [0.3, 0.4) is 0 Å². The molecule has 1 aromatic carbocycles. The van der Waals surface area contributed by atoms with Gasteiger partial charge in [-0.1, -0.05) is 23.3 Å². The van der Waals surface area contributed by atoms with E-state index in [4.69, 9.17) is 24.7 Å². The Morgan fingerprint density at radius 2 is 1.97 bits per heavy atom. The minimum absolute atomic E-state index is 0.124. The molecule has 0 unspecified atom stereocenters. The molecule has 1 saturated heterocycles. The van der Waals surface area contributed by atoms with Gasteiger partial charge in [-0.3, -0.25) is 9.69 Å². The smallest absolute Gasteiger partial charge is 0.275 e. The van der Waals surface area contributed by atoms with Crippen LogP contribution in [0.1, 0.15) is 20.8 Å². The highest BCUT2D eigenvalue weighted by Gasteiger charge is 2.26. The summed E-state index contributed by atoms with van der Waals surface area (Å²) in [7, 11) is 0. The first-order chi connectivity index (χ1) is 16.9. The number of nitrogens with one attached hydrogen (secondary N) is 2. The van der Waals surface area contributed by atoms with Crippen molar-refractivity contribution in [3.05, 3.63) is 46.2 Å². The zero-order valence-electron chi connectivity index (χ0n) is 19.7. The van der Waals surface area contributed by atoms with E-state index in [0.717, 1.165) is 5.69 Å². The maximum atomic E-state index is 11.8. The lowest BCUT2D eigenvalue weighted by atomic mass is 10.1. The largest absolute Gasteiger partial charge is 0.369 e. The molecule has 3 aromatic rings. The summed E-state index contributed by atoms with van der Waals surface area (Å²) in [6, 6.07) is 3.30. The van der Waals surface area contributed by atoms with Crippen molar-refractivity contribution in [1.82, 2.24) is 24.5 Å². The van der Waals surface area contributed by atoms with E-state index >= 15 is 0 Å². The third kappa shape index (κ3) is 4.83. The molecule has 11 nitrogen and oxygen atoms in total. The molecule has 0 bridgehead atoms. The summed E-state index contributed by atoms with van der Waals surface area (Å²) >= 11 is 6.81. The fourth-order valence-corrected chi connectivity index (χ4v) is 4.27. The van der Waals surface area contributed by atoms with Crippen molar-refractivity contribution in [1.29, 1.82) is 0 Å². The number of ketones is 1. The van der Waals surface area contributed by atoms with Gasteiger partial charge < -0.3 is 20.4 Å². The van der Waals surface area contributed by atoms with E-state index < -0.39 is 0 Å². The van der Waals surface area contributed by atoms with Crippen LogP contribution in [0.2, 0.25) is 5.02 Å². The first-order valence-corrected chi connectivity index (χ1v) is 11.6. The number of anilines is 4. The fourth-order valence-electron chi connectivity index (χ4n) is 3.99. The summed E-state index contributed by atoms with van der Waals surface area (Å²) in [5.41, 5.74) is 2.09. The van der Waals surface area contributed by atoms with Crippen LogP contribution in [0.25, 0.3) is 15.3 Å². The number of rotatable bonds is 7. The molecule has 0 saturated carbocycles. The number of fused-ring (bicyclic) bond motifs is 1. The van der Waals surface area contributed by atoms with Gasteiger partial charge in [0, 0.05) is 38.4 Å². The Morgan fingerprint density at radius 3 is 2.60 bits per heavy atom. The Bertz CT molecular complexity index is 1350. The summed E-state index contributed by atoms with van der Waals surface area (Å²) in [6.07, 6.45) is 1.44. The van der Waals surface area contributed by atoms with Crippen LogP contribution < -0.4 is 15.5 Å². The highest BCUT2D eigenvalue weighted by molar-refractivity contribution is 6.36. The quantitative estimate of drug-likeness (QED) is 0.474. The lowest BCUT2D eigenvalue weighted by Crippen LogP contribution is -2.51. The maximum absolute atomic E-state index is 11.8. The molecule has 1 aliphatic rings. The van der Waals surface area contributed by atoms with Crippen LogP contribution in [-0.4, -0.2) is 69.0 Å². The van der Waals surface area contributed by atoms with Gasteiger partial charge in [0.1, 0.15) is 5.78 Å². The lowest BCUT2D eigenvalue weighted by molar-refractivity contribution is -0.121. The number of piperazine rings is 1. The van der Waals surface area contributed by atoms with E-state index in [2.05, 4.69) is 45.2 Å². The van der Waals surface area contributed by atoms with E-state index in [1.54, 1.807) is 19.1 Å². The van der Waals surface area contributed by atoms with Crippen LogP contribution in [0.15, 0.2) is 18.3 Å². The minimum atomic E-state index is -0.124. The monoisotopic (exact) mass is 492 g/mol. The van der Waals surface area contributed by atoms with Crippen molar-refractivity contribution >= 4 is 57.7 Å². The number of hydrogen-bond acceptors (Lipinski definition) is 8. The van der Waals surface area contributed by atoms with Gasteiger partial charge in [-0.25, -0.2) is 9.83 Å². The van der Waals surface area contributed by atoms with Crippen molar-refractivity contribution in [3.8, 4) is 0 Å². The molecule has 0 spiro atoms. The Kier molecular flexibility index (Phi) is 7.01. The van der Waals surface area contributed by atoms with E-state index in [-0.39, 0.29) is 23.6 Å². The van der Waals surface area contributed by atoms with Crippen LogP contribution in [0, 0.1) is 13.1 Å². The molecule has 180 valence electrons. The molecule has 0 radical (unpaired) electrons. The van der Waals surface area contributed by atoms with Gasteiger partial charge in [-0.15, -0.1) is 4.52 Å². The summed E-state index contributed by atoms with van der Waals surface area (Å²) < 4.78 is 1.42. The van der Waals surface area contributed by atoms with Gasteiger partial charge in [0.2, 0.25) is 0 Å². The number of Topliss-reactive ketones (excluding diaryl/α,β-unsaturated/α-hetero) is 1. The topological polar surface area (TPSA) is 99.4 Å².